The number of rotatable bonds is 5. The Morgan fingerprint density at radius 1 is 1.06 bits per heavy atom. The molecule has 1 fully saturated rings. The number of nitrogens with one attached hydrogen (secondary N) is 2. The van der Waals surface area contributed by atoms with Crippen LogP contribution in [0.1, 0.15) is 28.2 Å². The predicted molar refractivity (Wildman–Crippen MR) is 141 cm³/mol. The van der Waals surface area contributed by atoms with Gasteiger partial charge in [0.2, 0.25) is 0 Å². The number of nitrogens with zero attached hydrogens (tertiary/aromatic N) is 1. The zero-order chi connectivity index (χ0) is 22.8. The normalized spacial score (nSPS) is 15.7. The van der Waals surface area contributed by atoms with Crippen LogP contribution in [0.3, 0.4) is 0 Å². The highest BCUT2D eigenvalue weighted by Gasteiger charge is 2.29. The number of fused-ring (bicyclic) bond motifs is 3. The van der Waals surface area contributed by atoms with Gasteiger partial charge in [0.25, 0.3) is 0 Å². The Bertz CT molecular complexity index is 1130. The van der Waals surface area contributed by atoms with Crippen molar-refractivity contribution in [1.82, 2.24) is 10.2 Å². The van der Waals surface area contributed by atoms with E-state index in [0.717, 1.165) is 42.0 Å². The molecule has 0 atom stereocenters. The quantitative estimate of drug-likeness (QED) is 0.418. The first kappa shape index (κ1) is 22.4. The number of ether oxygens (including phenoxy) is 1. The van der Waals surface area contributed by atoms with Crippen LogP contribution in [0.5, 0.6) is 0 Å². The molecule has 2 N–H and O–H groups in total. The lowest BCUT2D eigenvalue weighted by Crippen LogP contribution is -2.43. The summed E-state index contributed by atoms with van der Waals surface area (Å²) in [7, 11) is 0. The highest BCUT2D eigenvalue weighted by atomic mass is 127. The van der Waals surface area contributed by atoms with Crippen LogP contribution in [0.2, 0.25) is 0 Å². The average molecular weight is 553 g/mol. The molecule has 1 heterocycles. The molecule has 1 aliphatic carbocycles. The minimum Gasteiger partial charge on any atom is -0.448 e. The van der Waals surface area contributed by atoms with Gasteiger partial charge in [0, 0.05) is 47.9 Å². The molecule has 3 aromatic carbocycles. The van der Waals surface area contributed by atoms with Crippen LogP contribution >= 0.6 is 22.6 Å². The van der Waals surface area contributed by atoms with Crippen molar-refractivity contribution >= 4 is 34.4 Å². The molecule has 170 valence electrons. The third-order valence-corrected chi connectivity index (χ3v) is 7.77. The van der Waals surface area contributed by atoms with Gasteiger partial charge in [-0.2, -0.15) is 0 Å². The van der Waals surface area contributed by atoms with E-state index >= 15 is 0 Å². The van der Waals surface area contributed by atoms with Crippen molar-refractivity contribution in [2.75, 3.05) is 38.1 Å². The Morgan fingerprint density at radius 2 is 1.70 bits per heavy atom. The second kappa shape index (κ2) is 9.83. The van der Waals surface area contributed by atoms with Crippen molar-refractivity contribution in [3.05, 3.63) is 86.5 Å². The zero-order valence-electron chi connectivity index (χ0n) is 18.7. The van der Waals surface area contributed by atoms with Gasteiger partial charge in [0.15, 0.2) is 0 Å². The van der Waals surface area contributed by atoms with Crippen LogP contribution in [-0.2, 0) is 11.3 Å². The fraction of sp³-hybridized carbons (Fsp3) is 0.296. The topological polar surface area (TPSA) is 53.6 Å². The smallest absolute Gasteiger partial charge is 0.411 e. The zero-order valence-corrected chi connectivity index (χ0v) is 20.9. The SMILES string of the molecule is Cc1c(I)cc(NC(=O)OCC2c3ccccc3-c3ccccc32)cc1CN1CCNCC1. The van der Waals surface area contributed by atoms with E-state index in [0.29, 0.717) is 6.61 Å². The molecule has 0 spiro atoms. The molecular weight excluding hydrogens is 525 g/mol. The van der Waals surface area contributed by atoms with Gasteiger partial charge in [-0.05, 0) is 75.0 Å². The second-order valence-electron chi connectivity index (χ2n) is 8.72. The van der Waals surface area contributed by atoms with Crippen LogP contribution in [0.15, 0.2) is 60.7 Å². The van der Waals surface area contributed by atoms with Crippen LogP contribution < -0.4 is 10.6 Å². The summed E-state index contributed by atoms with van der Waals surface area (Å²) in [4.78, 5) is 15.2. The molecule has 6 heteroatoms. The van der Waals surface area contributed by atoms with Gasteiger partial charge in [-0.3, -0.25) is 10.2 Å². The number of hydrogen-bond donors (Lipinski definition) is 2. The van der Waals surface area contributed by atoms with E-state index in [2.05, 4.69) is 87.5 Å². The standard InChI is InChI=1S/C27H28IN3O2/c1-18-19(16-31-12-10-29-11-13-31)14-20(15-26(18)28)30-27(32)33-17-25-23-8-4-2-6-21(23)22-7-3-5-9-24(22)25/h2-9,14-15,25,29H,10-13,16-17H2,1H3,(H,30,32). The first-order valence-electron chi connectivity index (χ1n) is 11.4. The van der Waals surface area contributed by atoms with Gasteiger partial charge < -0.3 is 10.1 Å². The molecule has 1 aliphatic heterocycles. The number of carbonyl (C=O) groups is 1. The summed E-state index contributed by atoms with van der Waals surface area (Å²) in [6.45, 7) is 7.48. The third-order valence-electron chi connectivity index (χ3n) is 6.65. The van der Waals surface area contributed by atoms with E-state index in [4.69, 9.17) is 4.74 Å². The van der Waals surface area contributed by atoms with Gasteiger partial charge in [-0.1, -0.05) is 48.5 Å². The lowest BCUT2D eigenvalue weighted by Gasteiger charge is -2.28. The molecule has 5 nitrogen and oxygen atoms in total. The summed E-state index contributed by atoms with van der Waals surface area (Å²) in [6.07, 6.45) is -0.412. The summed E-state index contributed by atoms with van der Waals surface area (Å²) in [5, 5.41) is 6.36. The number of piperazine rings is 1. The molecule has 1 amide bonds. The highest BCUT2D eigenvalue weighted by molar-refractivity contribution is 14.1. The molecule has 0 bridgehead atoms. The summed E-state index contributed by atoms with van der Waals surface area (Å²) < 4.78 is 6.88. The van der Waals surface area contributed by atoms with Crippen molar-refractivity contribution in [1.29, 1.82) is 0 Å². The van der Waals surface area contributed by atoms with Gasteiger partial charge in [0.05, 0.1) is 0 Å². The molecule has 5 rings (SSSR count). The molecule has 1 saturated heterocycles. The molecule has 33 heavy (non-hydrogen) atoms. The average Bonchev–Trinajstić information content (AvgIpc) is 3.15. The minimum atomic E-state index is -0.412. The molecule has 3 aromatic rings. The van der Waals surface area contributed by atoms with Crippen LogP contribution in [0.4, 0.5) is 10.5 Å². The first-order valence-corrected chi connectivity index (χ1v) is 12.5. The van der Waals surface area contributed by atoms with Crippen molar-refractivity contribution < 1.29 is 9.53 Å². The van der Waals surface area contributed by atoms with Crippen molar-refractivity contribution in [3.8, 4) is 11.1 Å². The maximum absolute atomic E-state index is 12.7. The summed E-state index contributed by atoms with van der Waals surface area (Å²) >= 11 is 2.35. The third kappa shape index (κ3) is 4.78. The molecule has 0 unspecified atom stereocenters. The van der Waals surface area contributed by atoms with E-state index in [-0.39, 0.29) is 5.92 Å². The Labute approximate surface area is 208 Å². The van der Waals surface area contributed by atoms with E-state index in [9.17, 15) is 4.79 Å². The lowest BCUT2D eigenvalue weighted by molar-refractivity contribution is 0.158. The van der Waals surface area contributed by atoms with Crippen LogP contribution in [0.25, 0.3) is 11.1 Å². The maximum atomic E-state index is 12.7. The molecule has 2 aliphatic rings. The van der Waals surface area contributed by atoms with Crippen molar-refractivity contribution in [2.45, 2.75) is 19.4 Å². The largest absolute Gasteiger partial charge is 0.448 e. The molecular formula is C27H28IN3O2. The minimum absolute atomic E-state index is 0.0598. The van der Waals surface area contributed by atoms with Gasteiger partial charge >= 0.3 is 6.09 Å². The molecule has 0 radical (unpaired) electrons. The van der Waals surface area contributed by atoms with E-state index in [1.165, 1.54) is 33.4 Å². The van der Waals surface area contributed by atoms with Gasteiger partial charge in [-0.25, -0.2) is 4.79 Å². The maximum Gasteiger partial charge on any atom is 0.411 e. The van der Waals surface area contributed by atoms with Gasteiger partial charge in [0.1, 0.15) is 6.61 Å². The number of halogens is 1. The van der Waals surface area contributed by atoms with Crippen LogP contribution in [0, 0.1) is 10.5 Å². The summed E-state index contributed by atoms with van der Waals surface area (Å²) in [5.74, 6) is 0.0598. The monoisotopic (exact) mass is 553 g/mol. The highest BCUT2D eigenvalue weighted by Crippen LogP contribution is 2.44. The summed E-state index contributed by atoms with van der Waals surface area (Å²) in [6, 6.07) is 20.9. The second-order valence-corrected chi connectivity index (χ2v) is 9.88. The number of benzene rings is 3. The van der Waals surface area contributed by atoms with Crippen molar-refractivity contribution in [2.24, 2.45) is 0 Å². The fourth-order valence-electron chi connectivity index (χ4n) is 4.83. The van der Waals surface area contributed by atoms with Crippen LogP contribution in [-0.4, -0.2) is 43.8 Å². The Hall–Kier alpha value is -2.42. The fourth-order valence-corrected chi connectivity index (χ4v) is 5.52. The summed E-state index contributed by atoms with van der Waals surface area (Å²) in [5.41, 5.74) is 8.20. The van der Waals surface area contributed by atoms with E-state index in [1.54, 1.807) is 0 Å². The first-order chi connectivity index (χ1) is 16.1. The predicted octanol–water partition coefficient (Wildman–Crippen LogP) is 5.37. The van der Waals surface area contributed by atoms with E-state index in [1.807, 2.05) is 18.2 Å². The number of anilines is 1. The number of hydrogen-bond acceptors (Lipinski definition) is 4. The van der Waals surface area contributed by atoms with E-state index < -0.39 is 6.09 Å². The molecule has 0 aromatic heterocycles. The molecule has 0 saturated carbocycles. The Morgan fingerprint density at radius 3 is 2.36 bits per heavy atom. The van der Waals surface area contributed by atoms with Gasteiger partial charge in [-0.15, -0.1) is 0 Å². The van der Waals surface area contributed by atoms with Crippen molar-refractivity contribution in [3.63, 3.8) is 0 Å². The Balaban J connectivity index is 1.27. The Kier molecular flexibility index (Phi) is 6.66. The number of carbonyl (C=O) groups excluding carboxylic acids is 1. The lowest BCUT2D eigenvalue weighted by atomic mass is 9.98. The number of amides is 1.